The van der Waals surface area contributed by atoms with Gasteiger partial charge in [0.05, 0.1) is 26.9 Å². The first-order valence-electron chi connectivity index (χ1n) is 8.78. The highest BCUT2D eigenvalue weighted by molar-refractivity contribution is 6.37. The van der Waals surface area contributed by atoms with Crippen LogP contribution in [-0.2, 0) is 9.59 Å². The number of methoxy groups -OCH3 is 3. The highest BCUT2D eigenvalue weighted by atomic mass is 16.5. The number of amides is 2. The largest absolute Gasteiger partial charge is 0.497 e. The van der Waals surface area contributed by atoms with Gasteiger partial charge in [-0.1, -0.05) is 18.2 Å². The van der Waals surface area contributed by atoms with E-state index in [1.807, 2.05) is 6.07 Å². The minimum absolute atomic E-state index is 0.187. The molecule has 0 aliphatic carbocycles. The molecule has 1 aliphatic heterocycles. The van der Waals surface area contributed by atoms with Crippen LogP contribution >= 0.6 is 0 Å². The number of carbonyl (C=O) groups excluding carboxylic acids is 2. The predicted octanol–water partition coefficient (Wildman–Crippen LogP) is 2.92. The van der Waals surface area contributed by atoms with Crippen LogP contribution in [0, 0.1) is 0 Å². The summed E-state index contributed by atoms with van der Waals surface area (Å²) in [5.41, 5.74) is 1.58. The lowest BCUT2D eigenvalue weighted by Crippen LogP contribution is -2.32. The topological polar surface area (TPSA) is 77.1 Å². The van der Waals surface area contributed by atoms with Gasteiger partial charge in [-0.05, 0) is 13.0 Å². The van der Waals surface area contributed by atoms with Crippen molar-refractivity contribution in [3.63, 3.8) is 0 Å². The van der Waals surface area contributed by atoms with Gasteiger partial charge in [-0.2, -0.15) is 0 Å². The average Bonchev–Trinajstić information content (AvgIpc) is 2.96. The summed E-state index contributed by atoms with van der Waals surface area (Å²) in [6, 6.07) is 12.3. The molecule has 0 saturated carbocycles. The van der Waals surface area contributed by atoms with Gasteiger partial charge in [-0.25, -0.2) is 0 Å². The Morgan fingerprint density at radius 1 is 0.893 bits per heavy atom. The van der Waals surface area contributed by atoms with Crippen LogP contribution in [0.4, 0.5) is 5.69 Å². The number of anilines is 1. The summed E-state index contributed by atoms with van der Waals surface area (Å²) in [5.74, 6) is 0.875. The maximum absolute atomic E-state index is 13.0. The SMILES string of the molecule is CCN1C(=O)C(Nc2cc(OC)cc(OC)c2)=C(c2ccccc2OC)C1=O. The Morgan fingerprint density at radius 3 is 2.11 bits per heavy atom. The highest BCUT2D eigenvalue weighted by Gasteiger charge is 2.39. The Morgan fingerprint density at radius 2 is 1.54 bits per heavy atom. The van der Waals surface area contributed by atoms with Crippen molar-refractivity contribution < 1.29 is 23.8 Å². The van der Waals surface area contributed by atoms with E-state index < -0.39 is 5.91 Å². The summed E-state index contributed by atoms with van der Waals surface area (Å²) < 4.78 is 16.0. The lowest BCUT2D eigenvalue weighted by atomic mass is 10.0. The van der Waals surface area contributed by atoms with E-state index in [0.29, 0.717) is 28.5 Å². The molecule has 7 heteroatoms. The Kier molecular flexibility index (Phi) is 5.54. The molecule has 0 radical (unpaired) electrons. The highest BCUT2D eigenvalue weighted by Crippen LogP contribution is 2.36. The molecule has 0 bridgehead atoms. The van der Waals surface area contributed by atoms with E-state index in [4.69, 9.17) is 14.2 Å². The fourth-order valence-electron chi connectivity index (χ4n) is 3.10. The Labute approximate surface area is 163 Å². The van der Waals surface area contributed by atoms with Crippen LogP contribution < -0.4 is 19.5 Å². The molecule has 0 spiro atoms. The van der Waals surface area contributed by atoms with E-state index in [0.717, 1.165) is 0 Å². The number of para-hydroxylation sites is 1. The van der Waals surface area contributed by atoms with E-state index >= 15 is 0 Å². The van der Waals surface area contributed by atoms with Crippen molar-refractivity contribution in [2.45, 2.75) is 6.92 Å². The fraction of sp³-hybridized carbons (Fsp3) is 0.238. The molecule has 2 aromatic rings. The van der Waals surface area contributed by atoms with Crippen molar-refractivity contribution in [1.82, 2.24) is 4.90 Å². The van der Waals surface area contributed by atoms with Gasteiger partial charge in [0.25, 0.3) is 11.8 Å². The Bertz CT molecular complexity index is 929. The fourth-order valence-corrected chi connectivity index (χ4v) is 3.10. The maximum atomic E-state index is 13.0. The minimum atomic E-state index is -0.393. The zero-order valence-electron chi connectivity index (χ0n) is 16.2. The normalized spacial score (nSPS) is 13.8. The van der Waals surface area contributed by atoms with Crippen LogP contribution in [0.15, 0.2) is 48.2 Å². The second-order valence-electron chi connectivity index (χ2n) is 6.03. The lowest BCUT2D eigenvalue weighted by molar-refractivity contribution is -0.136. The van der Waals surface area contributed by atoms with Gasteiger partial charge in [0, 0.05) is 36.0 Å². The number of hydrogen-bond acceptors (Lipinski definition) is 6. The zero-order valence-corrected chi connectivity index (χ0v) is 16.2. The van der Waals surface area contributed by atoms with Gasteiger partial charge >= 0.3 is 0 Å². The summed E-state index contributed by atoms with van der Waals surface area (Å²) in [5, 5.41) is 3.09. The predicted molar refractivity (Wildman–Crippen MR) is 105 cm³/mol. The van der Waals surface area contributed by atoms with E-state index in [2.05, 4.69) is 5.32 Å². The Hall–Kier alpha value is -3.48. The third kappa shape index (κ3) is 3.38. The molecule has 0 fully saturated rings. The van der Waals surface area contributed by atoms with Crippen molar-refractivity contribution in [2.24, 2.45) is 0 Å². The number of rotatable bonds is 7. The van der Waals surface area contributed by atoms with Gasteiger partial charge in [0.2, 0.25) is 0 Å². The molecule has 146 valence electrons. The standard InChI is InChI=1S/C21H22N2O5/c1-5-23-20(24)18(16-8-6-7-9-17(16)28-4)19(21(23)25)22-13-10-14(26-2)12-15(11-13)27-3/h6-12,22H,5H2,1-4H3. The van der Waals surface area contributed by atoms with Crippen molar-refractivity contribution in [1.29, 1.82) is 0 Å². The smallest absolute Gasteiger partial charge is 0.278 e. The molecule has 0 aromatic heterocycles. The van der Waals surface area contributed by atoms with Crippen molar-refractivity contribution in [3.05, 3.63) is 53.7 Å². The van der Waals surface area contributed by atoms with E-state index in [1.165, 1.54) is 12.0 Å². The summed E-state index contributed by atoms with van der Waals surface area (Å²) >= 11 is 0. The number of benzene rings is 2. The second-order valence-corrected chi connectivity index (χ2v) is 6.03. The first-order valence-corrected chi connectivity index (χ1v) is 8.78. The van der Waals surface area contributed by atoms with E-state index in [-0.39, 0.29) is 23.7 Å². The number of imide groups is 1. The van der Waals surface area contributed by atoms with Gasteiger partial charge in [0.15, 0.2) is 0 Å². The number of nitrogens with zero attached hydrogens (tertiary/aromatic N) is 1. The lowest BCUT2D eigenvalue weighted by Gasteiger charge is -2.13. The number of hydrogen-bond donors (Lipinski definition) is 1. The van der Waals surface area contributed by atoms with Crippen LogP contribution in [0.2, 0.25) is 0 Å². The molecule has 0 saturated heterocycles. The molecular weight excluding hydrogens is 360 g/mol. The molecule has 2 aromatic carbocycles. The number of nitrogens with one attached hydrogen (secondary N) is 1. The Balaban J connectivity index is 2.14. The van der Waals surface area contributed by atoms with Crippen molar-refractivity contribution in [2.75, 3.05) is 33.2 Å². The summed E-state index contributed by atoms with van der Waals surface area (Å²) in [6.45, 7) is 2.02. The number of likely N-dealkylation sites (N-methyl/N-ethyl adjacent to an activating group) is 1. The van der Waals surface area contributed by atoms with Crippen molar-refractivity contribution in [3.8, 4) is 17.2 Å². The monoisotopic (exact) mass is 382 g/mol. The molecule has 28 heavy (non-hydrogen) atoms. The number of carbonyl (C=O) groups is 2. The first kappa shape index (κ1) is 19.3. The molecule has 7 nitrogen and oxygen atoms in total. The van der Waals surface area contributed by atoms with Crippen LogP contribution in [0.3, 0.4) is 0 Å². The van der Waals surface area contributed by atoms with Crippen LogP contribution in [0.5, 0.6) is 17.2 Å². The molecule has 3 rings (SSSR count). The van der Waals surface area contributed by atoms with Crippen LogP contribution in [0.1, 0.15) is 12.5 Å². The average molecular weight is 382 g/mol. The quantitative estimate of drug-likeness (QED) is 0.742. The molecule has 1 aliphatic rings. The van der Waals surface area contributed by atoms with E-state index in [9.17, 15) is 9.59 Å². The molecular formula is C21H22N2O5. The molecule has 0 atom stereocenters. The summed E-state index contributed by atoms with van der Waals surface area (Å²) in [7, 11) is 4.61. The molecule has 2 amide bonds. The third-order valence-electron chi connectivity index (χ3n) is 4.48. The van der Waals surface area contributed by atoms with Gasteiger partial charge in [-0.15, -0.1) is 0 Å². The first-order chi connectivity index (χ1) is 13.5. The second kappa shape index (κ2) is 8.04. The van der Waals surface area contributed by atoms with Gasteiger partial charge < -0.3 is 19.5 Å². The van der Waals surface area contributed by atoms with Gasteiger partial charge in [-0.3, -0.25) is 14.5 Å². The summed E-state index contributed by atoms with van der Waals surface area (Å²) in [6.07, 6.45) is 0. The van der Waals surface area contributed by atoms with Gasteiger partial charge in [0.1, 0.15) is 22.9 Å². The van der Waals surface area contributed by atoms with Crippen LogP contribution in [0.25, 0.3) is 5.57 Å². The summed E-state index contributed by atoms with van der Waals surface area (Å²) in [4.78, 5) is 27.1. The molecule has 0 unspecified atom stereocenters. The third-order valence-corrected chi connectivity index (χ3v) is 4.48. The van der Waals surface area contributed by atoms with E-state index in [1.54, 1.807) is 57.5 Å². The zero-order chi connectivity index (χ0) is 20.3. The van der Waals surface area contributed by atoms with Crippen molar-refractivity contribution >= 4 is 23.1 Å². The maximum Gasteiger partial charge on any atom is 0.278 e. The molecule has 1 heterocycles. The van der Waals surface area contributed by atoms with Crippen LogP contribution in [-0.4, -0.2) is 44.6 Å². The minimum Gasteiger partial charge on any atom is -0.497 e. The number of ether oxygens (including phenoxy) is 3. The molecule has 1 N–H and O–H groups in total.